The Balaban J connectivity index is 3.04. The maximum atomic E-state index is 3.74. The molecule has 1 aromatic rings. The van der Waals surface area contributed by atoms with E-state index in [1.54, 1.807) is 0 Å². The molecule has 1 rings (SSSR count). The fraction of sp³-hybridized carbons (Fsp3) is 0.182. The first kappa shape index (κ1) is 9.53. The Hall–Kier alpha value is -0.560. The van der Waals surface area contributed by atoms with Crippen molar-refractivity contribution in [3.63, 3.8) is 0 Å². The highest BCUT2D eigenvalue weighted by Gasteiger charge is 2.02. The Morgan fingerprint density at radius 3 is 2.67 bits per heavy atom. The van der Waals surface area contributed by atoms with Gasteiger partial charge in [0, 0.05) is 10.4 Å². The highest BCUT2D eigenvalue weighted by molar-refractivity contribution is 9.10. The number of hydrogen-bond acceptors (Lipinski definition) is 0. The van der Waals surface area contributed by atoms with Gasteiger partial charge in [0.2, 0.25) is 0 Å². The lowest BCUT2D eigenvalue weighted by molar-refractivity contribution is 1.23. The van der Waals surface area contributed by atoms with E-state index in [9.17, 15) is 0 Å². The molecular formula is C11H12Br. The standard InChI is InChI=1S/C11H12Br/c1-4-8(2)10-5-6-11(12)9(3)7-10/h4-7H,1H2,2-3H3. The van der Waals surface area contributed by atoms with E-state index in [0.717, 1.165) is 4.47 Å². The zero-order valence-electron chi connectivity index (χ0n) is 7.39. The Morgan fingerprint density at radius 1 is 1.50 bits per heavy atom. The monoisotopic (exact) mass is 223 g/mol. The largest absolute Gasteiger partial charge is 0.102 e. The van der Waals surface area contributed by atoms with Crippen LogP contribution in [0.5, 0.6) is 0 Å². The average molecular weight is 224 g/mol. The fourth-order valence-electron chi connectivity index (χ4n) is 1.01. The number of halogens is 1. The molecule has 0 aromatic heterocycles. The predicted molar refractivity (Wildman–Crippen MR) is 57.1 cm³/mol. The van der Waals surface area contributed by atoms with E-state index in [4.69, 9.17) is 0 Å². The van der Waals surface area contributed by atoms with Crippen LogP contribution in [-0.4, -0.2) is 0 Å². The van der Waals surface area contributed by atoms with Gasteiger partial charge < -0.3 is 0 Å². The molecular weight excluding hydrogens is 212 g/mol. The number of rotatable bonds is 2. The van der Waals surface area contributed by atoms with E-state index < -0.39 is 0 Å². The summed E-state index contributed by atoms with van der Waals surface area (Å²) in [7, 11) is 0. The van der Waals surface area contributed by atoms with Gasteiger partial charge in [-0.3, -0.25) is 0 Å². The molecule has 0 fully saturated rings. The van der Waals surface area contributed by atoms with Gasteiger partial charge in [-0.05, 0) is 24.1 Å². The molecule has 0 heterocycles. The molecule has 0 saturated heterocycles. The predicted octanol–water partition coefficient (Wildman–Crippen LogP) is 3.89. The van der Waals surface area contributed by atoms with E-state index in [1.165, 1.54) is 17.0 Å². The minimum Gasteiger partial charge on any atom is -0.102 e. The molecule has 63 valence electrons. The molecule has 0 spiro atoms. The summed E-state index contributed by atoms with van der Waals surface area (Å²) >= 11 is 3.47. The second-order valence-electron chi connectivity index (χ2n) is 2.85. The van der Waals surface area contributed by atoms with E-state index >= 15 is 0 Å². The molecule has 0 amide bonds. The highest BCUT2D eigenvalue weighted by atomic mass is 79.9. The van der Waals surface area contributed by atoms with Gasteiger partial charge in [-0.2, -0.15) is 0 Å². The van der Waals surface area contributed by atoms with Gasteiger partial charge in [-0.1, -0.05) is 41.1 Å². The summed E-state index contributed by atoms with van der Waals surface area (Å²) in [4.78, 5) is 0. The number of allylic oxidation sites excluding steroid dienone is 1. The molecule has 0 saturated carbocycles. The van der Waals surface area contributed by atoms with Crippen LogP contribution in [0.25, 0.3) is 0 Å². The molecule has 0 N–H and O–H groups in total. The Kier molecular flexibility index (Phi) is 3.10. The van der Waals surface area contributed by atoms with Crippen LogP contribution in [0.15, 0.2) is 35.3 Å². The summed E-state index contributed by atoms with van der Waals surface area (Å²) in [5, 5.41) is 0. The lowest BCUT2D eigenvalue weighted by atomic mass is 10.00. The minimum absolute atomic E-state index is 1.16. The van der Waals surface area contributed by atoms with E-state index in [-0.39, 0.29) is 0 Å². The lowest BCUT2D eigenvalue weighted by Gasteiger charge is -2.07. The third kappa shape index (κ3) is 1.98. The van der Waals surface area contributed by atoms with Crippen LogP contribution in [0.1, 0.15) is 18.1 Å². The summed E-state index contributed by atoms with van der Waals surface area (Å²) in [5.74, 6) is 1.21. The van der Waals surface area contributed by atoms with Gasteiger partial charge >= 0.3 is 0 Å². The summed E-state index contributed by atoms with van der Waals surface area (Å²) in [5.41, 5.74) is 2.50. The molecule has 0 aliphatic carbocycles. The molecule has 0 unspecified atom stereocenters. The van der Waals surface area contributed by atoms with Crippen molar-refractivity contribution in [2.24, 2.45) is 0 Å². The van der Waals surface area contributed by atoms with E-state index in [1.807, 2.05) is 6.08 Å². The van der Waals surface area contributed by atoms with Crippen molar-refractivity contribution < 1.29 is 0 Å². The van der Waals surface area contributed by atoms with Crippen molar-refractivity contribution >= 4 is 15.9 Å². The van der Waals surface area contributed by atoms with Crippen molar-refractivity contribution in [1.82, 2.24) is 0 Å². The minimum atomic E-state index is 1.16. The van der Waals surface area contributed by atoms with Crippen molar-refractivity contribution in [3.8, 4) is 0 Å². The van der Waals surface area contributed by atoms with Crippen molar-refractivity contribution in [1.29, 1.82) is 0 Å². The molecule has 12 heavy (non-hydrogen) atoms. The quantitative estimate of drug-likeness (QED) is 0.714. The Morgan fingerprint density at radius 2 is 2.17 bits per heavy atom. The third-order valence-electron chi connectivity index (χ3n) is 1.92. The van der Waals surface area contributed by atoms with Gasteiger partial charge in [-0.15, -0.1) is 6.58 Å². The van der Waals surface area contributed by atoms with Crippen LogP contribution in [0.3, 0.4) is 0 Å². The zero-order chi connectivity index (χ0) is 9.14. The Bertz CT molecular complexity index is 289. The number of hydrogen-bond donors (Lipinski definition) is 0. The van der Waals surface area contributed by atoms with Gasteiger partial charge in [0.1, 0.15) is 0 Å². The molecule has 0 bridgehead atoms. The van der Waals surface area contributed by atoms with E-state index in [0.29, 0.717) is 0 Å². The molecule has 0 atom stereocenters. The maximum absolute atomic E-state index is 3.74. The summed E-state index contributed by atoms with van der Waals surface area (Å²) in [6.45, 7) is 7.89. The van der Waals surface area contributed by atoms with Crippen LogP contribution in [0.4, 0.5) is 0 Å². The van der Waals surface area contributed by atoms with Crippen molar-refractivity contribution in [2.45, 2.75) is 13.8 Å². The van der Waals surface area contributed by atoms with Crippen molar-refractivity contribution in [2.75, 3.05) is 0 Å². The highest BCUT2D eigenvalue weighted by Crippen LogP contribution is 2.22. The van der Waals surface area contributed by atoms with Crippen LogP contribution < -0.4 is 0 Å². The smallest absolute Gasteiger partial charge is 0.0230 e. The molecule has 0 nitrogen and oxygen atoms in total. The van der Waals surface area contributed by atoms with Crippen LogP contribution in [-0.2, 0) is 0 Å². The van der Waals surface area contributed by atoms with Gasteiger partial charge in [0.25, 0.3) is 0 Å². The SMILES string of the molecule is C=C[C](C)c1ccc(Br)c(C)c1. The van der Waals surface area contributed by atoms with E-state index in [2.05, 4.69) is 54.6 Å². The third-order valence-corrected chi connectivity index (χ3v) is 2.81. The normalized spacial score (nSPS) is 10.3. The zero-order valence-corrected chi connectivity index (χ0v) is 8.98. The van der Waals surface area contributed by atoms with Crippen LogP contribution >= 0.6 is 15.9 Å². The number of benzene rings is 1. The number of aryl methyl sites for hydroxylation is 1. The Labute approximate surface area is 82.4 Å². The lowest BCUT2D eigenvalue weighted by Crippen LogP contribution is -1.90. The molecule has 0 aliphatic rings. The summed E-state index contributed by atoms with van der Waals surface area (Å²) in [6, 6.07) is 6.31. The van der Waals surface area contributed by atoms with Gasteiger partial charge in [0.15, 0.2) is 0 Å². The van der Waals surface area contributed by atoms with Crippen LogP contribution in [0, 0.1) is 12.8 Å². The maximum Gasteiger partial charge on any atom is 0.0230 e. The van der Waals surface area contributed by atoms with Crippen molar-refractivity contribution in [3.05, 3.63) is 52.4 Å². The average Bonchev–Trinajstić information content (AvgIpc) is 2.08. The summed E-state index contributed by atoms with van der Waals surface area (Å²) < 4.78 is 1.16. The topological polar surface area (TPSA) is 0 Å². The first-order chi connectivity index (χ1) is 5.65. The molecule has 0 aliphatic heterocycles. The summed E-state index contributed by atoms with van der Waals surface area (Å²) in [6.07, 6.45) is 1.88. The first-order valence-corrected chi connectivity index (χ1v) is 4.67. The molecule has 1 heteroatoms. The second-order valence-corrected chi connectivity index (χ2v) is 3.71. The first-order valence-electron chi connectivity index (χ1n) is 3.87. The van der Waals surface area contributed by atoms with Gasteiger partial charge in [-0.25, -0.2) is 0 Å². The second kappa shape index (κ2) is 3.90. The van der Waals surface area contributed by atoms with Gasteiger partial charge in [0.05, 0.1) is 0 Å². The van der Waals surface area contributed by atoms with Crippen LogP contribution in [0.2, 0.25) is 0 Å². The molecule has 1 aromatic carbocycles. The molecule has 1 radical (unpaired) electrons. The fourth-order valence-corrected chi connectivity index (χ4v) is 1.25.